The van der Waals surface area contributed by atoms with Gasteiger partial charge in [-0.05, 0) is 23.6 Å². The first-order valence-electron chi connectivity index (χ1n) is 9.41. The number of hydrogen-bond acceptors (Lipinski definition) is 2. The van der Waals surface area contributed by atoms with Crippen LogP contribution in [-0.4, -0.2) is 29.3 Å². The van der Waals surface area contributed by atoms with Crippen molar-refractivity contribution < 1.29 is 9.59 Å². The van der Waals surface area contributed by atoms with E-state index in [2.05, 4.69) is 5.32 Å². The molecule has 2 aromatic rings. The molecule has 0 spiro atoms. The number of rotatable bonds is 9. The van der Waals surface area contributed by atoms with Crippen LogP contribution >= 0.6 is 11.6 Å². The highest BCUT2D eigenvalue weighted by molar-refractivity contribution is 6.31. The zero-order valence-electron chi connectivity index (χ0n) is 16.0. The van der Waals surface area contributed by atoms with E-state index in [1.54, 1.807) is 11.0 Å². The van der Waals surface area contributed by atoms with Crippen LogP contribution in [0.1, 0.15) is 37.8 Å². The summed E-state index contributed by atoms with van der Waals surface area (Å²) in [5.74, 6) is -0.197. The van der Waals surface area contributed by atoms with E-state index in [0.717, 1.165) is 17.5 Å². The van der Waals surface area contributed by atoms with Crippen LogP contribution in [0.2, 0.25) is 5.02 Å². The minimum atomic E-state index is -0.581. The molecule has 0 saturated carbocycles. The molecule has 0 aromatic heterocycles. The molecule has 0 aliphatic heterocycles. The smallest absolute Gasteiger partial charge is 0.243 e. The van der Waals surface area contributed by atoms with E-state index in [1.807, 2.05) is 62.4 Å². The molecule has 2 aromatic carbocycles. The number of halogens is 1. The van der Waals surface area contributed by atoms with Crippen molar-refractivity contribution in [3.8, 4) is 0 Å². The maximum atomic E-state index is 12.9. The van der Waals surface area contributed by atoms with Crippen molar-refractivity contribution in [3.63, 3.8) is 0 Å². The van der Waals surface area contributed by atoms with E-state index in [1.165, 1.54) is 0 Å². The molecule has 1 atom stereocenters. The highest BCUT2D eigenvalue weighted by atomic mass is 35.5. The average molecular weight is 387 g/mol. The molecule has 4 nitrogen and oxygen atoms in total. The fourth-order valence-electron chi connectivity index (χ4n) is 2.93. The van der Waals surface area contributed by atoms with Gasteiger partial charge in [0, 0.05) is 31.0 Å². The molecule has 5 heteroatoms. The maximum Gasteiger partial charge on any atom is 0.243 e. The van der Waals surface area contributed by atoms with E-state index < -0.39 is 6.04 Å². The van der Waals surface area contributed by atoms with Crippen LogP contribution in [0.15, 0.2) is 54.6 Å². The quantitative estimate of drug-likeness (QED) is 0.701. The van der Waals surface area contributed by atoms with Crippen LogP contribution in [0.5, 0.6) is 0 Å². The Labute approximate surface area is 166 Å². The van der Waals surface area contributed by atoms with Gasteiger partial charge in [0.15, 0.2) is 0 Å². The highest BCUT2D eigenvalue weighted by Crippen LogP contribution is 2.20. The summed E-state index contributed by atoms with van der Waals surface area (Å²) >= 11 is 6.31. The monoisotopic (exact) mass is 386 g/mol. The van der Waals surface area contributed by atoms with Crippen LogP contribution < -0.4 is 5.32 Å². The fraction of sp³-hybridized carbons (Fsp3) is 0.364. The normalized spacial score (nSPS) is 11.7. The zero-order chi connectivity index (χ0) is 19.6. The zero-order valence-corrected chi connectivity index (χ0v) is 16.7. The molecule has 0 radical (unpaired) electrons. The first-order chi connectivity index (χ1) is 13.1. The molecule has 27 heavy (non-hydrogen) atoms. The second kappa shape index (κ2) is 10.7. The van der Waals surface area contributed by atoms with E-state index in [-0.39, 0.29) is 11.8 Å². The van der Waals surface area contributed by atoms with Crippen molar-refractivity contribution in [2.45, 2.75) is 45.7 Å². The summed E-state index contributed by atoms with van der Waals surface area (Å²) in [5.41, 5.74) is 1.85. The van der Waals surface area contributed by atoms with Gasteiger partial charge in [0.05, 0.1) is 0 Å². The Kier molecular flexibility index (Phi) is 8.34. The van der Waals surface area contributed by atoms with E-state index in [9.17, 15) is 9.59 Å². The van der Waals surface area contributed by atoms with Crippen LogP contribution in [0.3, 0.4) is 0 Å². The number of carbonyl (C=O) groups excluding carboxylic acids is 2. The number of nitrogens with zero attached hydrogens (tertiary/aromatic N) is 1. The summed E-state index contributed by atoms with van der Waals surface area (Å²) in [4.78, 5) is 27.3. The lowest BCUT2D eigenvalue weighted by atomic mass is 10.0. The first-order valence-corrected chi connectivity index (χ1v) is 9.79. The van der Waals surface area contributed by atoms with Gasteiger partial charge in [-0.25, -0.2) is 0 Å². The molecule has 0 saturated heterocycles. The molecule has 0 aliphatic carbocycles. The summed E-state index contributed by atoms with van der Waals surface area (Å²) in [6, 6.07) is 16.6. The lowest BCUT2D eigenvalue weighted by Crippen LogP contribution is -2.50. The van der Waals surface area contributed by atoms with Crippen molar-refractivity contribution >= 4 is 23.4 Å². The Hall–Kier alpha value is -2.33. The Morgan fingerprint density at radius 3 is 2.33 bits per heavy atom. The lowest BCUT2D eigenvalue weighted by molar-refractivity contribution is -0.141. The summed E-state index contributed by atoms with van der Waals surface area (Å²) < 4.78 is 0. The van der Waals surface area contributed by atoms with Gasteiger partial charge in [0.25, 0.3) is 0 Å². The van der Waals surface area contributed by atoms with Gasteiger partial charge in [0.2, 0.25) is 11.8 Å². The maximum absolute atomic E-state index is 12.9. The number of amides is 2. The number of hydrogen-bond donors (Lipinski definition) is 1. The predicted octanol–water partition coefficient (Wildman–Crippen LogP) is 4.22. The van der Waals surface area contributed by atoms with Gasteiger partial charge in [0.1, 0.15) is 6.04 Å². The third kappa shape index (κ3) is 6.10. The topological polar surface area (TPSA) is 49.4 Å². The molecule has 2 rings (SSSR count). The van der Waals surface area contributed by atoms with Crippen molar-refractivity contribution in [2.24, 2.45) is 0 Å². The Bertz CT molecular complexity index is 749. The third-order valence-corrected chi connectivity index (χ3v) is 4.79. The molecule has 0 unspecified atom stereocenters. The van der Waals surface area contributed by atoms with Gasteiger partial charge in [-0.3, -0.25) is 9.59 Å². The fourth-order valence-corrected chi connectivity index (χ4v) is 3.13. The van der Waals surface area contributed by atoms with Crippen LogP contribution in [0.4, 0.5) is 0 Å². The number of nitrogens with one attached hydrogen (secondary N) is 1. The van der Waals surface area contributed by atoms with Crippen LogP contribution in [0.25, 0.3) is 0 Å². The molecule has 2 amide bonds. The molecule has 0 aliphatic rings. The minimum absolute atomic E-state index is 0.0671. The summed E-state index contributed by atoms with van der Waals surface area (Å²) in [6.45, 7) is 4.71. The summed E-state index contributed by atoms with van der Waals surface area (Å²) in [7, 11) is 0. The summed E-state index contributed by atoms with van der Waals surface area (Å²) in [5, 5.41) is 3.54. The average Bonchev–Trinajstić information content (AvgIpc) is 2.70. The van der Waals surface area contributed by atoms with Crippen LogP contribution in [-0.2, 0) is 22.6 Å². The molecule has 144 valence electrons. The van der Waals surface area contributed by atoms with Gasteiger partial charge < -0.3 is 10.2 Å². The van der Waals surface area contributed by atoms with Gasteiger partial charge in [-0.15, -0.1) is 0 Å². The molecule has 1 N–H and O–H groups in total. The number of carbonyl (C=O) groups is 2. The largest absolute Gasteiger partial charge is 0.354 e. The molecule has 0 fully saturated rings. The molecule has 0 heterocycles. The first kappa shape index (κ1) is 21.0. The van der Waals surface area contributed by atoms with Gasteiger partial charge in [-0.2, -0.15) is 0 Å². The van der Waals surface area contributed by atoms with Gasteiger partial charge in [-0.1, -0.05) is 74.0 Å². The third-order valence-electron chi connectivity index (χ3n) is 4.42. The Morgan fingerprint density at radius 2 is 1.70 bits per heavy atom. The van der Waals surface area contributed by atoms with E-state index in [4.69, 9.17) is 11.6 Å². The SMILES string of the molecule is CCCNC(=O)[C@@H](Cc1ccccc1)N(Cc1ccccc1Cl)C(=O)CC. The highest BCUT2D eigenvalue weighted by Gasteiger charge is 2.29. The molecular weight excluding hydrogens is 360 g/mol. The molecular formula is C22H27ClN2O2. The van der Waals surface area contributed by atoms with Crippen molar-refractivity contribution in [2.75, 3.05) is 6.54 Å². The van der Waals surface area contributed by atoms with E-state index in [0.29, 0.717) is 31.0 Å². The standard InChI is InChI=1S/C22H27ClN2O2/c1-3-14-24-22(27)20(15-17-10-6-5-7-11-17)25(21(26)4-2)16-18-12-8-9-13-19(18)23/h5-13,20H,3-4,14-16H2,1-2H3,(H,24,27)/t20-/m1/s1. The van der Waals surface area contributed by atoms with Crippen LogP contribution in [0, 0.1) is 0 Å². The Balaban J connectivity index is 2.34. The Morgan fingerprint density at radius 1 is 1.04 bits per heavy atom. The summed E-state index contributed by atoms with van der Waals surface area (Å²) in [6.07, 6.45) is 1.64. The van der Waals surface area contributed by atoms with Crippen molar-refractivity contribution in [1.82, 2.24) is 10.2 Å². The van der Waals surface area contributed by atoms with Gasteiger partial charge >= 0.3 is 0 Å². The van der Waals surface area contributed by atoms with Crippen molar-refractivity contribution in [3.05, 3.63) is 70.7 Å². The molecule has 0 bridgehead atoms. The predicted molar refractivity (Wildman–Crippen MR) is 110 cm³/mol. The second-order valence-corrected chi connectivity index (χ2v) is 6.87. The number of benzene rings is 2. The second-order valence-electron chi connectivity index (χ2n) is 6.46. The lowest BCUT2D eigenvalue weighted by Gasteiger charge is -2.31. The minimum Gasteiger partial charge on any atom is -0.354 e. The van der Waals surface area contributed by atoms with Crippen molar-refractivity contribution in [1.29, 1.82) is 0 Å². The van der Waals surface area contributed by atoms with E-state index >= 15 is 0 Å².